The molecule has 0 saturated heterocycles. The summed E-state index contributed by atoms with van der Waals surface area (Å²) in [4.78, 5) is 0. The summed E-state index contributed by atoms with van der Waals surface area (Å²) < 4.78 is 2.41. The van der Waals surface area contributed by atoms with E-state index in [1.54, 1.807) is 0 Å². The van der Waals surface area contributed by atoms with Gasteiger partial charge in [0.15, 0.2) is 0 Å². The van der Waals surface area contributed by atoms with Crippen molar-refractivity contribution < 1.29 is 0 Å². The highest BCUT2D eigenvalue weighted by atomic mass is 127. The van der Waals surface area contributed by atoms with Crippen LogP contribution < -0.4 is 5.32 Å². The van der Waals surface area contributed by atoms with E-state index >= 15 is 0 Å². The van der Waals surface area contributed by atoms with Crippen molar-refractivity contribution in [1.29, 1.82) is 0 Å². The molecule has 0 aromatic heterocycles. The predicted octanol–water partition coefficient (Wildman–Crippen LogP) is 4.97. The van der Waals surface area contributed by atoms with Crippen LogP contribution in [0.15, 0.2) is 46.9 Å². The lowest BCUT2D eigenvalue weighted by Gasteiger charge is -2.08. The number of nitrogens with one attached hydrogen (secondary N) is 1. The van der Waals surface area contributed by atoms with Crippen LogP contribution in [0.25, 0.3) is 0 Å². The van der Waals surface area contributed by atoms with E-state index in [2.05, 4.69) is 93.2 Å². The van der Waals surface area contributed by atoms with E-state index in [1.165, 1.54) is 14.7 Å². The third kappa shape index (κ3) is 3.71. The van der Waals surface area contributed by atoms with Gasteiger partial charge in [0.05, 0.1) is 0 Å². The fraction of sp³-hybridized carbons (Fsp3) is 0.143. The monoisotopic (exact) mass is 401 g/mol. The summed E-state index contributed by atoms with van der Waals surface area (Å²) in [5.41, 5.74) is 3.69. The van der Waals surface area contributed by atoms with Gasteiger partial charge in [-0.25, -0.2) is 0 Å². The molecule has 0 fully saturated rings. The largest absolute Gasteiger partial charge is 0.381 e. The zero-order chi connectivity index (χ0) is 12.3. The second-order valence-corrected chi connectivity index (χ2v) is 6.04. The number of hydrogen-bond acceptors (Lipinski definition) is 1. The maximum Gasteiger partial charge on any atom is 0.0400 e. The van der Waals surface area contributed by atoms with Crippen LogP contribution in [0.4, 0.5) is 5.69 Å². The zero-order valence-electron chi connectivity index (χ0n) is 9.50. The Hall–Kier alpha value is -0.550. The first-order chi connectivity index (χ1) is 8.15. The first kappa shape index (κ1) is 12.9. The Morgan fingerprint density at radius 1 is 1.12 bits per heavy atom. The Balaban J connectivity index is 2.02. The van der Waals surface area contributed by atoms with Crippen LogP contribution in [0.1, 0.15) is 11.1 Å². The molecule has 3 heteroatoms. The van der Waals surface area contributed by atoms with Gasteiger partial charge in [0, 0.05) is 20.3 Å². The summed E-state index contributed by atoms with van der Waals surface area (Å²) in [6.45, 7) is 2.94. The van der Waals surface area contributed by atoms with E-state index in [-0.39, 0.29) is 0 Å². The lowest BCUT2D eigenvalue weighted by molar-refractivity contribution is 1.14. The van der Waals surface area contributed by atoms with Crippen molar-refractivity contribution >= 4 is 44.2 Å². The molecule has 17 heavy (non-hydrogen) atoms. The third-order valence-corrected chi connectivity index (χ3v) is 4.16. The highest BCUT2D eigenvalue weighted by Gasteiger charge is 1.98. The summed E-state index contributed by atoms with van der Waals surface area (Å²) in [7, 11) is 0. The molecule has 1 nitrogen and oxygen atoms in total. The van der Waals surface area contributed by atoms with Gasteiger partial charge in [-0.15, -0.1) is 0 Å². The molecule has 0 bridgehead atoms. The Morgan fingerprint density at radius 3 is 2.47 bits per heavy atom. The van der Waals surface area contributed by atoms with Gasteiger partial charge in [0.25, 0.3) is 0 Å². The van der Waals surface area contributed by atoms with Crippen LogP contribution in [0, 0.1) is 10.5 Å². The quantitative estimate of drug-likeness (QED) is 0.715. The topological polar surface area (TPSA) is 12.0 Å². The smallest absolute Gasteiger partial charge is 0.0400 e. The van der Waals surface area contributed by atoms with Gasteiger partial charge in [-0.3, -0.25) is 0 Å². The van der Waals surface area contributed by atoms with Gasteiger partial charge in [0.2, 0.25) is 0 Å². The van der Waals surface area contributed by atoms with Crippen LogP contribution in [0.2, 0.25) is 0 Å². The Labute approximate surface area is 124 Å². The maximum atomic E-state index is 3.54. The van der Waals surface area contributed by atoms with E-state index in [1.807, 2.05) is 0 Å². The van der Waals surface area contributed by atoms with Crippen LogP contribution >= 0.6 is 38.5 Å². The summed E-state index contributed by atoms with van der Waals surface area (Å²) in [6, 6.07) is 14.9. The fourth-order valence-electron chi connectivity index (χ4n) is 1.51. The van der Waals surface area contributed by atoms with Gasteiger partial charge >= 0.3 is 0 Å². The first-order valence-electron chi connectivity index (χ1n) is 5.39. The second-order valence-electron chi connectivity index (χ2n) is 3.94. The highest BCUT2D eigenvalue weighted by Crippen LogP contribution is 2.21. The van der Waals surface area contributed by atoms with E-state index in [0.717, 1.165) is 16.7 Å². The van der Waals surface area contributed by atoms with Crippen molar-refractivity contribution in [3.8, 4) is 0 Å². The number of anilines is 1. The highest BCUT2D eigenvalue weighted by molar-refractivity contribution is 14.1. The second kappa shape index (κ2) is 5.87. The van der Waals surface area contributed by atoms with Crippen molar-refractivity contribution in [2.24, 2.45) is 0 Å². The van der Waals surface area contributed by atoms with E-state index in [4.69, 9.17) is 0 Å². The van der Waals surface area contributed by atoms with Gasteiger partial charge in [-0.1, -0.05) is 34.1 Å². The normalized spacial score (nSPS) is 10.3. The van der Waals surface area contributed by atoms with Gasteiger partial charge in [0.1, 0.15) is 0 Å². The number of rotatable bonds is 3. The SMILES string of the molecule is Cc1ccc(NCc2ccc(I)cc2)cc1Br. The number of halogens is 2. The first-order valence-corrected chi connectivity index (χ1v) is 7.27. The number of aryl methyl sites for hydroxylation is 1. The molecule has 0 amide bonds. The molecule has 0 unspecified atom stereocenters. The lowest BCUT2D eigenvalue weighted by atomic mass is 10.2. The molecule has 0 spiro atoms. The van der Waals surface area contributed by atoms with Crippen molar-refractivity contribution in [3.63, 3.8) is 0 Å². The summed E-state index contributed by atoms with van der Waals surface area (Å²) in [6.07, 6.45) is 0. The molecule has 2 aromatic rings. The Bertz CT molecular complexity index is 508. The van der Waals surface area contributed by atoms with Crippen molar-refractivity contribution in [2.75, 3.05) is 5.32 Å². The van der Waals surface area contributed by atoms with Gasteiger partial charge in [-0.2, -0.15) is 0 Å². The molecular formula is C14H13BrIN. The molecule has 0 aliphatic heterocycles. The predicted molar refractivity (Wildman–Crippen MR) is 85.4 cm³/mol. The molecule has 0 atom stereocenters. The average Bonchev–Trinajstić information content (AvgIpc) is 2.33. The minimum Gasteiger partial charge on any atom is -0.381 e. The van der Waals surface area contributed by atoms with Crippen molar-refractivity contribution in [1.82, 2.24) is 0 Å². The van der Waals surface area contributed by atoms with Crippen LogP contribution in [-0.4, -0.2) is 0 Å². The molecule has 0 heterocycles. The minimum atomic E-state index is 0.854. The molecular weight excluding hydrogens is 389 g/mol. The molecule has 0 saturated carbocycles. The molecule has 1 N–H and O–H groups in total. The third-order valence-electron chi connectivity index (χ3n) is 2.58. The van der Waals surface area contributed by atoms with E-state index < -0.39 is 0 Å². The van der Waals surface area contributed by atoms with Crippen molar-refractivity contribution in [2.45, 2.75) is 13.5 Å². The molecule has 2 rings (SSSR count). The van der Waals surface area contributed by atoms with Gasteiger partial charge in [-0.05, 0) is 64.9 Å². The summed E-state index contributed by atoms with van der Waals surface area (Å²) in [5.74, 6) is 0. The molecule has 0 radical (unpaired) electrons. The Kier molecular flexibility index (Phi) is 4.45. The number of hydrogen-bond donors (Lipinski definition) is 1. The fourth-order valence-corrected chi connectivity index (χ4v) is 2.25. The molecule has 0 aliphatic rings. The standard InChI is InChI=1S/C14H13BrIN/c1-10-2-7-13(8-14(10)15)17-9-11-3-5-12(16)6-4-11/h2-8,17H,9H2,1H3. The van der Waals surface area contributed by atoms with Crippen LogP contribution in [0.5, 0.6) is 0 Å². The average molecular weight is 402 g/mol. The lowest BCUT2D eigenvalue weighted by Crippen LogP contribution is -1.99. The molecule has 2 aromatic carbocycles. The van der Waals surface area contributed by atoms with Gasteiger partial charge < -0.3 is 5.32 Å². The van der Waals surface area contributed by atoms with E-state index in [0.29, 0.717) is 0 Å². The Morgan fingerprint density at radius 2 is 1.82 bits per heavy atom. The number of benzene rings is 2. The summed E-state index contributed by atoms with van der Waals surface area (Å²) in [5, 5.41) is 3.42. The molecule has 0 aliphatic carbocycles. The summed E-state index contributed by atoms with van der Waals surface area (Å²) >= 11 is 5.86. The molecule has 88 valence electrons. The maximum absolute atomic E-state index is 3.54. The minimum absolute atomic E-state index is 0.854. The zero-order valence-corrected chi connectivity index (χ0v) is 13.2. The van der Waals surface area contributed by atoms with Crippen LogP contribution in [0.3, 0.4) is 0 Å². The van der Waals surface area contributed by atoms with Crippen LogP contribution in [-0.2, 0) is 6.54 Å². The van der Waals surface area contributed by atoms with Crippen molar-refractivity contribution in [3.05, 3.63) is 61.6 Å². The van der Waals surface area contributed by atoms with E-state index in [9.17, 15) is 0 Å².